The van der Waals surface area contributed by atoms with E-state index in [1.165, 1.54) is 5.56 Å². The molecule has 170 valence electrons. The van der Waals surface area contributed by atoms with Gasteiger partial charge in [0.15, 0.2) is 0 Å². The van der Waals surface area contributed by atoms with Crippen molar-refractivity contribution in [1.82, 2.24) is 24.8 Å². The fourth-order valence-corrected chi connectivity index (χ4v) is 4.15. The van der Waals surface area contributed by atoms with Crippen molar-refractivity contribution in [3.63, 3.8) is 0 Å². The first-order valence-electron chi connectivity index (χ1n) is 11.0. The van der Waals surface area contributed by atoms with Crippen molar-refractivity contribution in [2.45, 2.75) is 20.0 Å². The number of carbonyl (C=O) groups is 1. The summed E-state index contributed by atoms with van der Waals surface area (Å²) >= 11 is 0. The molecule has 0 spiro atoms. The molecule has 1 saturated heterocycles. The Hall–Kier alpha value is -3.72. The first-order chi connectivity index (χ1) is 16.2. The lowest BCUT2D eigenvalue weighted by molar-refractivity contribution is 0.0732. The van der Waals surface area contributed by atoms with Crippen LogP contribution in [-0.4, -0.2) is 57.0 Å². The quantitative estimate of drug-likeness (QED) is 0.448. The number of rotatable bonds is 6. The molecule has 0 saturated carbocycles. The fourth-order valence-electron chi connectivity index (χ4n) is 4.15. The van der Waals surface area contributed by atoms with E-state index in [1.807, 2.05) is 39.9 Å². The number of hydrogen-bond acceptors (Lipinski definition) is 7. The Kier molecular flexibility index (Phi) is 6.03. The van der Waals surface area contributed by atoms with E-state index in [9.17, 15) is 4.79 Å². The number of ether oxygens (including phenoxy) is 2. The molecule has 1 fully saturated rings. The van der Waals surface area contributed by atoms with E-state index in [2.05, 4.69) is 21.5 Å². The van der Waals surface area contributed by atoms with Gasteiger partial charge in [-0.15, -0.1) is 0 Å². The average molecular weight is 447 g/mol. The van der Waals surface area contributed by atoms with E-state index in [4.69, 9.17) is 14.1 Å². The largest absolute Gasteiger partial charge is 0.486 e. The Morgan fingerprint density at radius 2 is 2.09 bits per heavy atom. The zero-order valence-corrected chi connectivity index (χ0v) is 18.4. The summed E-state index contributed by atoms with van der Waals surface area (Å²) in [7, 11) is 0. The van der Waals surface area contributed by atoms with Gasteiger partial charge in [0.05, 0.1) is 24.3 Å². The number of fused-ring (bicyclic) bond motifs is 1. The Morgan fingerprint density at radius 1 is 1.18 bits per heavy atom. The fraction of sp³-hybridized carbons (Fsp3) is 0.333. The molecule has 1 aliphatic heterocycles. The molecule has 4 aromatic rings. The molecule has 4 heterocycles. The Balaban J connectivity index is 1.32. The highest BCUT2D eigenvalue weighted by Gasteiger charge is 2.26. The molecule has 0 N–H and O–H groups in total. The second-order valence-electron chi connectivity index (χ2n) is 8.17. The highest BCUT2D eigenvalue weighted by Crippen LogP contribution is 2.24. The van der Waals surface area contributed by atoms with Crippen molar-refractivity contribution in [3.8, 4) is 5.75 Å². The number of carbonyl (C=O) groups excluding carboxylic acids is 1. The van der Waals surface area contributed by atoms with Gasteiger partial charge in [0.2, 0.25) is 0 Å². The van der Waals surface area contributed by atoms with Crippen LogP contribution >= 0.6 is 0 Å². The van der Waals surface area contributed by atoms with Gasteiger partial charge >= 0.3 is 0 Å². The lowest BCUT2D eigenvalue weighted by Gasteiger charge is -2.25. The van der Waals surface area contributed by atoms with Gasteiger partial charge in [0, 0.05) is 31.4 Å². The molecule has 9 heteroatoms. The van der Waals surface area contributed by atoms with Gasteiger partial charge in [-0.3, -0.25) is 4.79 Å². The highest BCUT2D eigenvalue weighted by molar-refractivity contribution is 5.97. The topological polar surface area (TPSA) is 95.0 Å². The smallest absolute Gasteiger partial charge is 0.257 e. The van der Waals surface area contributed by atoms with Crippen LogP contribution in [-0.2, 0) is 17.8 Å². The second-order valence-corrected chi connectivity index (χ2v) is 8.17. The van der Waals surface area contributed by atoms with E-state index in [1.54, 1.807) is 25.3 Å². The summed E-state index contributed by atoms with van der Waals surface area (Å²) < 4.78 is 18.4. The average Bonchev–Trinajstić information content (AvgIpc) is 3.42. The summed E-state index contributed by atoms with van der Waals surface area (Å²) in [5, 5.41) is 11.9. The molecule has 9 nitrogen and oxygen atoms in total. The number of amides is 1. The molecule has 1 aromatic carbocycles. The van der Waals surface area contributed by atoms with E-state index < -0.39 is 0 Å². The van der Waals surface area contributed by atoms with Crippen LogP contribution in [0.15, 0.2) is 59.5 Å². The minimum Gasteiger partial charge on any atom is -0.486 e. The van der Waals surface area contributed by atoms with Crippen molar-refractivity contribution in [2.24, 2.45) is 5.92 Å². The molecule has 1 amide bonds. The Morgan fingerprint density at radius 3 is 2.97 bits per heavy atom. The SMILES string of the molecule is Cc1nonc1COc1ccccc1C(=O)N1CCOC[C@@H](Cc2cccn3nccc23)C1. The van der Waals surface area contributed by atoms with Gasteiger partial charge in [0.25, 0.3) is 5.91 Å². The number of pyridine rings is 1. The monoisotopic (exact) mass is 447 g/mol. The lowest BCUT2D eigenvalue weighted by atomic mass is 9.99. The zero-order valence-electron chi connectivity index (χ0n) is 18.4. The molecule has 0 unspecified atom stereocenters. The third kappa shape index (κ3) is 4.58. The van der Waals surface area contributed by atoms with E-state index in [0.29, 0.717) is 49.0 Å². The van der Waals surface area contributed by atoms with Gasteiger partial charge in [-0.1, -0.05) is 28.5 Å². The maximum absolute atomic E-state index is 13.5. The van der Waals surface area contributed by atoms with Gasteiger partial charge in [-0.2, -0.15) is 5.10 Å². The van der Waals surface area contributed by atoms with Gasteiger partial charge in [-0.05, 0) is 43.2 Å². The molecule has 1 aliphatic rings. The van der Waals surface area contributed by atoms with Crippen molar-refractivity contribution >= 4 is 11.4 Å². The van der Waals surface area contributed by atoms with Gasteiger partial charge in [0.1, 0.15) is 23.7 Å². The summed E-state index contributed by atoms with van der Waals surface area (Å²) in [6.45, 7) is 4.23. The van der Waals surface area contributed by atoms with Crippen LogP contribution in [0.4, 0.5) is 0 Å². The summed E-state index contributed by atoms with van der Waals surface area (Å²) in [5.41, 5.74) is 4.06. The van der Waals surface area contributed by atoms with E-state index in [-0.39, 0.29) is 18.4 Å². The zero-order chi connectivity index (χ0) is 22.6. The summed E-state index contributed by atoms with van der Waals surface area (Å²) in [6.07, 6.45) is 4.54. The third-order valence-corrected chi connectivity index (χ3v) is 5.89. The first kappa shape index (κ1) is 21.1. The lowest BCUT2D eigenvalue weighted by Crippen LogP contribution is -2.36. The summed E-state index contributed by atoms with van der Waals surface area (Å²) in [4.78, 5) is 15.4. The molecule has 0 radical (unpaired) electrons. The molecule has 1 atom stereocenters. The maximum atomic E-state index is 13.5. The summed E-state index contributed by atoms with van der Waals surface area (Å²) in [6, 6.07) is 13.4. The standard InChI is InChI=1S/C24H25N5O4/c1-17-21(27-33-26-17)16-32-23-7-3-2-6-20(23)24(30)28-11-12-31-15-18(14-28)13-19-5-4-10-29-22(19)8-9-25-29/h2-10,18H,11-16H2,1H3/t18-/m0/s1. The Bertz CT molecular complexity index is 1250. The minimum absolute atomic E-state index is 0.0707. The Labute approximate surface area is 190 Å². The number of hydrogen-bond donors (Lipinski definition) is 0. The highest BCUT2D eigenvalue weighted by atomic mass is 16.6. The van der Waals surface area contributed by atoms with Crippen molar-refractivity contribution in [1.29, 1.82) is 0 Å². The van der Waals surface area contributed by atoms with Crippen LogP contribution in [0.1, 0.15) is 27.3 Å². The summed E-state index contributed by atoms with van der Waals surface area (Å²) in [5.74, 6) is 0.615. The van der Waals surface area contributed by atoms with E-state index >= 15 is 0 Å². The van der Waals surface area contributed by atoms with Gasteiger partial charge < -0.3 is 14.4 Å². The molecule has 5 rings (SSSR count). The second kappa shape index (κ2) is 9.41. The molecular weight excluding hydrogens is 422 g/mol. The van der Waals surface area contributed by atoms with Crippen LogP contribution < -0.4 is 4.74 Å². The van der Waals surface area contributed by atoms with Crippen molar-refractivity contribution in [3.05, 3.63) is 77.4 Å². The van der Waals surface area contributed by atoms with Crippen molar-refractivity contribution < 1.29 is 18.9 Å². The minimum atomic E-state index is -0.0707. The third-order valence-electron chi connectivity index (χ3n) is 5.89. The normalized spacial score (nSPS) is 16.6. The van der Waals surface area contributed by atoms with Crippen LogP contribution in [0.2, 0.25) is 0 Å². The molecular formula is C24H25N5O4. The molecule has 0 aliphatic carbocycles. The van der Waals surface area contributed by atoms with Crippen LogP contribution in [0.25, 0.3) is 5.52 Å². The number of aryl methyl sites for hydroxylation is 1. The van der Waals surface area contributed by atoms with E-state index in [0.717, 1.165) is 11.9 Å². The molecule has 3 aromatic heterocycles. The van der Waals surface area contributed by atoms with Crippen LogP contribution in [0, 0.1) is 12.8 Å². The van der Waals surface area contributed by atoms with Crippen molar-refractivity contribution in [2.75, 3.05) is 26.3 Å². The number of benzene rings is 1. The van der Waals surface area contributed by atoms with Crippen LogP contribution in [0.3, 0.4) is 0 Å². The maximum Gasteiger partial charge on any atom is 0.257 e. The first-order valence-corrected chi connectivity index (χ1v) is 11.0. The number of para-hydroxylation sites is 1. The molecule has 0 bridgehead atoms. The van der Waals surface area contributed by atoms with Gasteiger partial charge in [-0.25, -0.2) is 9.14 Å². The predicted octanol–water partition coefficient (Wildman–Crippen LogP) is 2.94. The number of nitrogens with zero attached hydrogens (tertiary/aromatic N) is 5. The predicted molar refractivity (Wildman–Crippen MR) is 119 cm³/mol. The number of aromatic nitrogens is 4. The molecule has 33 heavy (non-hydrogen) atoms. The van der Waals surface area contributed by atoms with Crippen LogP contribution in [0.5, 0.6) is 5.75 Å².